The fourth-order valence-corrected chi connectivity index (χ4v) is 7.46. The highest BCUT2D eigenvalue weighted by molar-refractivity contribution is 7.16. The van der Waals surface area contributed by atoms with Crippen LogP contribution in [0.3, 0.4) is 0 Å². The van der Waals surface area contributed by atoms with Crippen LogP contribution in [-0.4, -0.2) is 18.7 Å². The van der Waals surface area contributed by atoms with Crippen molar-refractivity contribution in [1.82, 2.24) is 0 Å². The maximum Gasteiger partial charge on any atom is 0.259 e. The third-order valence-electron chi connectivity index (χ3n) is 8.66. The lowest BCUT2D eigenvalue weighted by Crippen LogP contribution is -2.27. The van der Waals surface area contributed by atoms with Crippen LogP contribution in [0.25, 0.3) is 10.8 Å². The zero-order valence-electron chi connectivity index (χ0n) is 26.7. The molecule has 46 heavy (non-hydrogen) atoms. The number of rotatable bonds is 9. The Morgan fingerprint density at radius 3 is 2.57 bits per heavy atom. The van der Waals surface area contributed by atoms with Gasteiger partial charge in [0.05, 0.1) is 12.2 Å². The van der Waals surface area contributed by atoms with Crippen molar-refractivity contribution in [3.63, 3.8) is 0 Å². The summed E-state index contributed by atoms with van der Waals surface area (Å²) in [5.41, 5.74) is 4.67. The van der Waals surface area contributed by atoms with Gasteiger partial charge in [0.1, 0.15) is 11.6 Å². The number of halogens is 1. The Labute approximate surface area is 280 Å². The van der Waals surface area contributed by atoms with Crippen molar-refractivity contribution in [2.45, 2.75) is 53.6 Å². The van der Waals surface area contributed by atoms with Crippen molar-refractivity contribution < 1.29 is 14.3 Å². The SMILES string of the molecule is CCOc1cc(C=Nc2sc3c(c2C(=O)Nc2ccc(Cl)cc2)CC[C@@H](C(C)(C)C)C3)ccc1OCc1cccc2ccccc12. The van der Waals surface area contributed by atoms with E-state index >= 15 is 0 Å². The van der Waals surface area contributed by atoms with Crippen LogP contribution in [0, 0.1) is 11.3 Å². The summed E-state index contributed by atoms with van der Waals surface area (Å²) in [5.74, 6) is 1.74. The minimum Gasteiger partial charge on any atom is -0.490 e. The molecular weight excluding hydrogens is 612 g/mol. The van der Waals surface area contributed by atoms with Gasteiger partial charge in [-0.2, -0.15) is 0 Å². The molecule has 6 rings (SSSR count). The van der Waals surface area contributed by atoms with E-state index in [9.17, 15) is 4.79 Å². The Kier molecular flexibility index (Phi) is 9.48. The van der Waals surface area contributed by atoms with Gasteiger partial charge >= 0.3 is 0 Å². The maximum absolute atomic E-state index is 13.7. The van der Waals surface area contributed by atoms with E-state index in [1.165, 1.54) is 15.6 Å². The zero-order valence-corrected chi connectivity index (χ0v) is 28.3. The van der Waals surface area contributed by atoms with Crippen LogP contribution in [0.1, 0.15) is 66.0 Å². The van der Waals surface area contributed by atoms with Crippen LogP contribution in [0.5, 0.6) is 11.5 Å². The molecule has 0 saturated heterocycles. The van der Waals surface area contributed by atoms with E-state index in [1.807, 2.05) is 55.6 Å². The molecule has 0 radical (unpaired) electrons. The topological polar surface area (TPSA) is 59.9 Å². The molecule has 1 aliphatic carbocycles. The van der Waals surface area contributed by atoms with Crippen molar-refractivity contribution in [2.24, 2.45) is 16.3 Å². The predicted octanol–water partition coefficient (Wildman–Crippen LogP) is 10.7. The second-order valence-corrected chi connectivity index (χ2v) is 14.3. The first kappa shape index (κ1) is 31.8. The molecule has 0 unspecified atom stereocenters. The Bertz CT molecular complexity index is 1880. The van der Waals surface area contributed by atoms with E-state index in [1.54, 1.807) is 23.5 Å². The molecule has 5 aromatic rings. The monoisotopic (exact) mass is 650 g/mol. The molecule has 1 aliphatic rings. The van der Waals surface area contributed by atoms with Crippen molar-refractivity contribution in [1.29, 1.82) is 0 Å². The lowest BCUT2D eigenvalue weighted by molar-refractivity contribution is 0.102. The Hall–Kier alpha value is -4.13. The highest BCUT2D eigenvalue weighted by atomic mass is 35.5. The number of nitrogens with zero attached hydrogens (tertiary/aromatic N) is 1. The Morgan fingerprint density at radius 2 is 1.78 bits per heavy atom. The average molecular weight is 651 g/mol. The zero-order chi connectivity index (χ0) is 32.3. The van der Waals surface area contributed by atoms with E-state index in [0.29, 0.717) is 46.9 Å². The highest BCUT2D eigenvalue weighted by Gasteiger charge is 2.33. The molecule has 0 aliphatic heterocycles. The van der Waals surface area contributed by atoms with Gasteiger partial charge in [-0.3, -0.25) is 4.79 Å². The molecule has 1 amide bonds. The van der Waals surface area contributed by atoms with Crippen molar-refractivity contribution >= 4 is 56.5 Å². The molecule has 1 atom stereocenters. The quantitative estimate of drug-likeness (QED) is 0.161. The molecule has 0 bridgehead atoms. The number of benzene rings is 4. The molecule has 4 aromatic carbocycles. The summed E-state index contributed by atoms with van der Waals surface area (Å²) in [6.07, 6.45) is 4.69. The lowest BCUT2D eigenvalue weighted by Gasteiger charge is -2.33. The number of amides is 1. The molecule has 0 saturated carbocycles. The van der Waals surface area contributed by atoms with Gasteiger partial charge in [-0.1, -0.05) is 74.8 Å². The molecule has 236 valence electrons. The second kappa shape index (κ2) is 13.7. The number of anilines is 1. The fraction of sp³-hybridized carbons (Fsp3) is 0.282. The van der Waals surface area contributed by atoms with E-state index in [0.717, 1.165) is 41.0 Å². The summed E-state index contributed by atoms with van der Waals surface area (Å²) >= 11 is 7.71. The van der Waals surface area contributed by atoms with E-state index < -0.39 is 0 Å². The normalized spacial score (nSPS) is 14.8. The molecular formula is C39H39ClN2O3S. The van der Waals surface area contributed by atoms with Crippen LogP contribution in [0.15, 0.2) is 89.9 Å². The van der Waals surface area contributed by atoms with Crippen LogP contribution in [0.4, 0.5) is 10.7 Å². The van der Waals surface area contributed by atoms with Gasteiger partial charge in [-0.05, 0) is 107 Å². The standard InChI is InChI=1S/C39H39ClN2O3S/c1-5-44-34-21-25(13-20-33(34)45-24-27-11-8-10-26-9-6-7-12-31(26)27)23-41-38-36(37(43)42-30-17-15-29(40)16-18-30)32-19-14-28(39(2,3)4)22-35(32)46-38/h6-13,15-18,20-21,23,28H,5,14,19,22,24H2,1-4H3,(H,42,43)/t28-/m1/s1. The molecule has 0 spiro atoms. The minimum absolute atomic E-state index is 0.145. The number of thiophene rings is 1. The largest absolute Gasteiger partial charge is 0.490 e. The number of hydrogen-bond donors (Lipinski definition) is 1. The van der Waals surface area contributed by atoms with Crippen LogP contribution < -0.4 is 14.8 Å². The summed E-state index contributed by atoms with van der Waals surface area (Å²) in [6, 6.07) is 27.6. The molecule has 1 aromatic heterocycles. The van der Waals surface area contributed by atoms with E-state index in [4.69, 9.17) is 26.1 Å². The third-order valence-corrected chi connectivity index (χ3v) is 10.1. The first-order valence-electron chi connectivity index (χ1n) is 15.8. The van der Waals surface area contributed by atoms with Gasteiger partial charge in [0, 0.05) is 21.8 Å². The average Bonchev–Trinajstić information content (AvgIpc) is 3.42. The van der Waals surface area contributed by atoms with Gasteiger partial charge in [-0.25, -0.2) is 4.99 Å². The first-order chi connectivity index (χ1) is 22.2. The minimum atomic E-state index is -0.145. The van der Waals surface area contributed by atoms with E-state index in [-0.39, 0.29) is 11.3 Å². The molecule has 7 heteroatoms. The number of ether oxygens (including phenoxy) is 2. The van der Waals surface area contributed by atoms with Gasteiger partial charge in [0.2, 0.25) is 0 Å². The van der Waals surface area contributed by atoms with E-state index in [2.05, 4.69) is 56.4 Å². The van der Waals surface area contributed by atoms with Crippen molar-refractivity contribution in [3.8, 4) is 11.5 Å². The van der Waals surface area contributed by atoms with Crippen molar-refractivity contribution in [3.05, 3.63) is 117 Å². The number of hydrogen-bond acceptors (Lipinski definition) is 5. The number of fused-ring (bicyclic) bond motifs is 2. The fourth-order valence-electron chi connectivity index (χ4n) is 6.06. The van der Waals surface area contributed by atoms with Gasteiger partial charge in [0.15, 0.2) is 11.5 Å². The van der Waals surface area contributed by atoms with Crippen LogP contribution in [0.2, 0.25) is 5.02 Å². The first-order valence-corrected chi connectivity index (χ1v) is 17.0. The number of nitrogens with one attached hydrogen (secondary N) is 1. The number of carbonyl (C=O) groups excluding carboxylic acids is 1. The van der Waals surface area contributed by atoms with Crippen molar-refractivity contribution in [2.75, 3.05) is 11.9 Å². The van der Waals surface area contributed by atoms with Gasteiger partial charge in [0.25, 0.3) is 5.91 Å². The lowest BCUT2D eigenvalue weighted by atomic mass is 9.72. The molecule has 5 nitrogen and oxygen atoms in total. The van der Waals surface area contributed by atoms with Crippen LogP contribution in [-0.2, 0) is 19.4 Å². The number of carbonyl (C=O) groups is 1. The summed E-state index contributed by atoms with van der Waals surface area (Å²) < 4.78 is 12.3. The third kappa shape index (κ3) is 7.14. The summed E-state index contributed by atoms with van der Waals surface area (Å²) in [4.78, 5) is 19.9. The second-order valence-electron chi connectivity index (χ2n) is 12.8. The van der Waals surface area contributed by atoms with Gasteiger partial charge < -0.3 is 14.8 Å². The highest BCUT2D eigenvalue weighted by Crippen LogP contribution is 2.45. The smallest absolute Gasteiger partial charge is 0.259 e. The van der Waals surface area contributed by atoms with Gasteiger partial charge in [-0.15, -0.1) is 11.3 Å². The summed E-state index contributed by atoms with van der Waals surface area (Å²) in [7, 11) is 0. The molecule has 1 heterocycles. The Balaban J connectivity index is 1.27. The summed E-state index contributed by atoms with van der Waals surface area (Å²) in [5, 5.41) is 6.78. The number of aliphatic imine (C=N–C) groups is 1. The molecule has 1 N–H and O–H groups in total. The predicted molar refractivity (Wildman–Crippen MR) is 192 cm³/mol. The summed E-state index contributed by atoms with van der Waals surface area (Å²) in [6.45, 7) is 9.80. The Morgan fingerprint density at radius 1 is 1.00 bits per heavy atom. The molecule has 0 fully saturated rings. The maximum atomic E-state index is 13.7. The van der Waals surface area contributed by atoms with Crippen LogP contribution >= 0.6 is 22.9 Å².